The maximum Gasteiger partial charge on any atom is 0.326 e. The predicted molar refractivity (Wildman–Crippen MR) is 71.1 cm³/mol. The molecule has 9 heteroatoms. The summed E-state index contributed by atoms with van der Waals surface area (Å²) in [6.07, 6.45) is 1.60. The van der Waals surface area contributed by atoms with Crippen LogP contribution in [-0.2, 0) is 22.6 Å². The summed E-state index contributed by atoms with van der Waals surface area (Å²) in [5.74, 6) is -1.75. The monoisotopic (exact) mass is 295 g/mol. The molecule has 21 heavy (non-hydrogen) atoms. The first-order valence-electron chi connectivity index (χ1n) is 6.51. The fraction of sp³-hybridized carbons (Fsp3) is 0.500. The quantitative estimate of drug-likeness (QED) is 0.665. The van der Waals surface area contributed by atoms with E-state index >= 15 is 0 Å². The SMILES string of the molecule is CCN(CC(N)=O)C(=O)N1Cc2[nH]cnc2CC1C(=O)O. The Morgan fingerprint density at radius 3 is 2.86 bits per heavy atom. The Hall–Kier alpha value is -2.58. The highest BCUT2D eigenvalue weighted by molar-refractivity contribution is 5.86. The number of nitrogens with zero attached hydrogens (tertiary/aromatic N) is 3. The van der Waals surface area contributed by atoms with Gasteiger partial charge < -0.3 is 25.6 Å². The lowest BCUT2D eigenvalue weighted by Crippen LogP contribution is -2.54. The third kappa shape index (κ3) is 2.96. The zero-order valence-electron chi connectivity index (χ0n) is 11.6. The number of H-pyrrole nitrogens is 1. The van der Waals surface area contributed by atoms with Crippen LogP contribution in [-0.4, -0.2) is 61.9 Å². The second-order valence-corrected chi connectivity index (χ2v) is 4.78. The smallest absolute Gasteiger partial charge is 0.326 e. The molecule has 2 rings (SSSR count). The van der Waals surface area contributed by atoms with Gasteiger partial charge in [-0.25, -0.2) is 14.6 Å². The van der Waals surface area contributed by atoms with E-state index in [9.17, 15) is 19.5 Å². The van der Waals surface area contributed by atoms with E-state index in [2.05, 4.69) is 9.97 Å². The molecule has 0 saturated carbocycles. The molecule has 3 amide bonds. The molecule has 1 atom stereocenters. The molecule has 1 aliphatic rings. The molecule has 2 heterocycles. The number of likely N-dealkylation sites (N-methyl/N-ethyl adjacent to an activating group) is 1. The van der Waals surface area contributed by atoms with Crippen molar-refractivity contribution in [3.8, 4) is 0 Å². The molecule has 0 bridgehead atoms. The van der Waals surface area contributed by atoms with E-state index in [1.807, 2.05) is 0 Å². The van der Waals surface area contributed by atoms with Crippen molar-refractivity contribution < 1.29 is 19.5 Å². The minimum atomic E-state index is -1.10. The minimum absolute atomic E-state index is 0.112. The number of amides is 3. The number of aromatic amines is 1. The number of primary amides is 1. The van der Waals surface area contributed by atoms with Crippen molar-refractivity contribution in [3.63, 3.8) is 0 Å². The largest absolute Gasteiger partial charge is 0.480 e. The van der Waals surface area contributed by atoms with Gasteiger partial charge in [0.1, 0.15) is 12.6 Å². The van der Waals surface area contributed by atoms with Crippen LogP contribution in [0.4, 0.5) is 4.79 Å². The molecule has 9 nitrogen and oxygen atoms in total. The van der Waals surface area contributed by atoms with Crippen LogP contribution in [0.25, 0.3) is 0 Å². The molecular formula is C12H17N5O4. The first-order chi connectivity index (χ1) is 9.93. The van der Waals surface area contributed by atoms with Gasteiger partial charge in [-0.1, -0.05) is 0 Å². The number of imidazole rings is 1. The fourth-order valence-electron chi connectivity index (χ4n) is 2.34. The number of nitrogens with two attached hydrogens (primary N) is 1. The van der Waals surface area contributed by atoms with Gasteiger partial charge in [-0.05, 0) is 6.92 Å². The van der Waals surface area contributed by atoms with Crippen molar-refractivity contribution in [3.05, 3.63) is 17.7 Å². The highest BCUT2D eigenvalue weighted by Crippen LogP contribution is 2.22. The molecule has 4 N–H and O–H groups in total. The number of fused-ring (bicyclic) bond motifs is 1. The standard InChI is InChI=1S/C12H17N5O4/c1-2-16(5-10(13)18)12(21)17-4-8-7(14-6-15-8)3-9(17)11(19)20/h6,9H,2-5H2,1H3,(H2,13,18)(H,14,15)(H,19,20). The number of aromatic nitrogens is 2. The van der Waals surface area contributed by atoms with Gasteiger partial charge in [0.25, 0.3) is 0 Å². The number of urea groups is 1. The summed E-state index contributed by atoms with van der Waals surface area (Å²) in [5, 5.41) is 9.31. The lowest BCUT2D eigenvalue weighted by Gasteiger charge is -2.35. The average molecular weight is 295 g/mol. The van der Waals surface area contributed by atoms with Crippen molar-refractivity contribution in [1.82, 2.24) is 19.8 Å². The number of nitrogens with one attached hydrogen (secondary N) is 1. The van der Waals surface area contributed by atoms with Crippen LogP contribution in [0.3, 0.4) is 0 Å². The maximum absolute atomic E-state index is 12.5. The normalized spacial score (nSPS) is 17.2. The van der Waals surface area contributed by atoms with Crippen molar-refractivity contribution in [2.24, 2.45) is 5.73 Å². The summed E-state index contributed by atoms with van der Waals surface area (Å²) in [6.45, 7) is 1.83. The van der Waals surface area contributed by atoms with E-state index in [0.717, 1.165) is 0 Å². The molecule has 0 aromatic carbocycles. The van der Waals surface area contributed by atoms with Gasteiger partial charge >= 0.3 is 12.0 Å². The van der Waals surface area contributed by atoms with Crippen LogP contribution in [0.15, 0.2) is 6.33 Å². The molecule has 0 fully saturated rings. The van der Waals surface area contributed by atoms with E-state index in [1.54, 1.807) is 6.92 Å². The first kappa shape index (κ1) is 14.8. The zero-order valence-corrected chi connectivity index (χ0v) is 11.6. The molecule has 0 aliphatic carbocycles. The van der Waals surface area contributed by atoms with Crippen molar-refractivity contribution in [1.29, 1.82) is 0 Å². The van der Waals surface area contributed by atoms with E-state index < -0.39 is 23.9 Å². The number of carbonyl (C=O) groups is 3. The second-order valence-electron chi connectivity index (χ2n) is 4.78. The van der Waals surface area contributed by atoms with Gasteiger partial charge in [0.15, 0.2) is 0 Å². The summed E-state index contributed by atoms with van der Waals surface area (Å²) in [6, 6.07) is -1.53. The molecule has 1 aromatic rings. The van der Waals surface area contributed by atoms with Gasteiger partial charge in [0.2, 0.25) is 5.91 Å². The number of rotatable bonds is 4. The third-order valence-corrected chi connectivity index (χ3v) is 3.43. The van der Waals surface area contributed by atoms with Gasteiger partial charge in [0, 0.05) is 13.0 Å². The van der Waals surface area contributed by atoms with Crippen LogP contribution in [0, 0.1) is 0 Å². The van der Waals surface area contributed by atoms with Crippen LogP contribution < -0.4 is 5.73 Å². The molecule has 0 spiro atoms. The van der Waals surface area contributed by atoms with Crippen molar-refractivity contribution in [2.75, 3.05) is 13.1 Å². The molecular weight excluding hydrogens is 278 g/mol. The number of carboxylic acids is 1. The Morgan fingerprint density at radius 2 is 2.29 bits per heavy atom. The van der Waals surface area contributed by atoms with Gasteiger partial charge in [-0.2, -0.15) is 0 Å². The highest BCUT2D eigenvalue weighted by Gasteiger charge is 2.37. The fourth-order valence-corrected chi connectivity index (χ4v) is 2.34. The topological polar surface area (TPSA) is 133 Å². The predicted octanol–water partition coefficient (Wildman–Crippen LogP) is -0.852. The van der Waals surface area contributed by atoms with Gasteiger partial charge in [-0.3, -0.25) is 4.79 Å². The van der Waals surface area contributed by atoms with Crippen molar-refractivity contribution in [2.45, 2.75) is 25.9 Å². The maximum atomic E-state index is 12.5. The molecule has 1 aromatic heterocycles. The summed E-state index contributed by atoms with van der Waals surface area (Å²) >= 11 is 0. The molecule has 1 aliphatic heterocycles. The molecule has 0 radical (unpaired) electrons. The zero-order chi connectivity index (χ0) is 15.6. The number of hydrogen-bond acceptors (Lipinski definition) is 4. The van der Waals surface area contributed by atoms with E-state index in [0.29, 0.717) is 11.4 Å². The van der Waals surface area contributed by atoms with Gasteiger partial charge in [0.05, 0.1) is 24.3 Å². The molecule has 1 unspecified atom stereocenters. The Kier molecular flexibility index (Phi) is 4.10. The summed E-state index contributed by atoms with van der Waals surface area (Å²) in [5.41, 5.74) is 6.45. The third-order valence-electron chi connectivity index (χ3n) is 3.43. The number of carboxylic acid groups (broad SMARTS) is 1. The second kappa shape index (κ2) is 5.81. The van der Waals surface area contributed by atoms with Crippen molar-refractivity contribution >= 4 is 17.9 Å². The Morgan fingerprint density at radius 1 is 1.57 bits per heavy atom. The summed E-state index contributed by atoms with van der Waals surface area (Å²) in [7, 11) is 0. The average Bonchev–Trinajstić information content (AvgIpc) is 2.89. The van der Waals surface area contributed by atoms with E-state index in [4.69, 9.17) is 5.73 Å². The van der Waals surface area contributed by atoms with E-state index in [-0.39, 0.29) is 26.1 Å². The first-order valence-corrected chi connectivity index (χ1v) is 6.51. The lowest BCUT2D eigenvalue weighted by atomic mass is 10.0. The Labute approximate surface area is 120 Å². The molecule has 0 saturated heterocycles. The molecule has 114 valence electrons. The van der Waals surface area contributed by atoms with Crippen LogP contribution in [0.2, 0.25) is 0 Å². The van der Waals surface area contributed by atoms with Crippen LogP contribution in [0.5, 0.6) is 0 Å². The summed E-state index contributed by atoms with van der Waals surface area (Å²) < 4.78 is 0. The van der Waals surface area contributed by atoms with Crippen LogP contribution in [0.1, 0.15) is 18.3 Å². The number of aliphatic carboxylic acids is 1. The van der Waals surface area contributed by atoms with Gasteiger partial charge in [-0.15, -0.1) is 0 Å². The summed E-state index contributed by atoms with van der Waals surface area (Å²) in [4.78, 5) is 44.2. The lowest BCUT2D eigenvalue weighted by molar-refractivity contribution is -0.142. The van der Waals surface area contributed by atoms with Crippen LogP contribution >= 0.6 is 0 Å². The Balaban J connectivity index is 2.25. The number of hydrogen-bond donors (Lipinski definition) is 3. The van der Waals surface area contributed by atoms with E-state index in [1.165, 1.54) is 16.1 Å². The Bertz CT molecular complexity index is 570. The highest BCUT2D eigenvalue weighted by atomic mass is 16.4. The minimum Gasteiger partial charge on any atom is -0.480 e. The number of carbonyl (C=O) groups excluding carboxylic acids is 2.